The van der Waals surface area contributed by atoms with Crippen LogP contribution in [0.15, 0.2) is 42.5 Å². The number of rotatable bonds is 5. The van der Waals surface area contributed by atoms with E-state index in [1.807, 2.05) is 44.2 Å². The van der Waals surface area contributed by atoms with Gasteiger partial charge in [0.1, 0.15) is 6.54 Å². The van der Waals surface area contributed by atoms with E-state index in [1.54, 1.807) is 12.1 Å². The van der Waals surface area contributed by atoms with Crippen LogP contribution in [0.25, 0.3) is 0 Å². The second-order valence-electron chi connectivity index (χ2n) is 5.61. The van der Waals surface area contributed by atoms with E-state index in [-0.39, 0.29) is 12.5 Å². The third-order valence-electron chi connectivity index (χ3n) is 3.47. The largest absolute Gasteiger partial charge is 0.324 e. The summed E-state index contributed by atoms with van der Waals surface area (Å²) in [5.74, 6) is -0.384. The summed E-state index contributed by atoms with van der Waals surface area (Å²) in [4.78, 5) is 12.3. The first-order valence-electron chi connectivity index (χ1n) is 7.27. The van der Waals surface area contributed by atoms with Gasteiger partial charge in [0.05, 0.1) is 11.9 Å². The quantitative estimate of drug-likeness (QED) is 0.700. The average Bonchev–Trinajstić information content (AvgIpc) is 2.48. The van der Waals surface area contributed by atoms with Crippen molar-refractivity contribution in [3.63, 3.8) is 0 Å². The van der Waals surface area contributed by atoms with Gasteiger partial charge in [0, 0.05) is 9.26 Å². The van der Waals surface area contributed by atoms with Crippen molar-refractivity contribution in [3.8, 4) is 0 Å². The van der Waals surface area contributed by atoms with Crippen LogP contribution >= 0.6 is 22.6 Å². The molecule has 0 aromatic heterocycles. The zero-order chi connectivity index (χ0) is 17.9. The summed E-state index contributed by atoms with van der Waals surface area (Å²) in [6.07, 6.45) is 1.09. The summed E-state index contributed by atoms with van der Waals surface area (Å²) >= 11 is 2.20. The molecule has 0 bridgehead atoms. The fraction of sp³-hybridized carbons (Fsp3) is 0.235. The number of aryl methyl sites for hydroxylation is 2. The smallest absolute Gasteiger partial charge is 0.245 e. The van der Waals surface area contributed by atoms with Gasteiger partial charge >= 0.3 is 0 Å². The Morgan fingerprint density at radius 2 is 1.75 bits per heavy atom. The lowest BCUT2D eigenvalue weighted by molar-refractivity contribution is -0.114. The molecule has 2 aromatic rings. The number of sulfonamides is 1. The maximum atomic E-state index is 12.3. The summed E-state index contributed by atoms with van der Waals surface area (Å²) in [5.41, 5.74) is 3.10. The molecule has 7 heteroatoms. The van der Waals surface area contributed by atoms with Crippen molar-refractivity contribution in [2.75, 3.05) is 22.4 Å². The summed E-state index contributed by atoms with van der Waals surface area (Å²) < 4.78 is 26.3. The third kappa shape index (κ3) is 4.94. The Labute approximate surface area is 156 Å². The molecule has 1 N–H and O–H groups in total. The third-order valence-corrected chi connectivity index (χ3v) is 5.28. The summed E-state index contributed by atoms with van der Waals surface area (Å²) in [7, 11) is -3.56. The van der Waals surface area contributed by atoms with E-state index in [1.165, 1.54) is 0 Å². The van der Waals surface area contributed by atoms with Gasteiger partial charge in [-0.3, -0.25) is 9.10 Å². The first kappa shape index (κ1) is 18.7. The molecule has 0 atom stereocenters. The van der Waals surface area contributed by atoms with E-state index in [0.717, 1.165) is 25.3 Å². The number of hydrogen-bond acceptors (Lipinski definition) is 3. The average molecular weight is 458 g/mol. The van der Waals surface area contributed by atoms with E-state index in [9.17, 15) is 13.2 Å². The Balaban J connectivity index is 2.20. The van der Waals surface area contributed by atoms with Gasteiger partial charge in [-0.1, -0.05) is 17.7 Å². The lowest BCUT2D eigenvalue weighted by atomic mass is 10.2. The van der Waals surface area contributed by atoms with Crippen molar-refractivity contribution in [2.45, 2.75) is 13.8 Å². The summed E-state index contributed by atoms with van der Waals surface area (Å²) in [5, 5.41) is 2.77. The molecule has 0 aliphatic rings. The molecule has 0 saturated carbocycles. The molecular weight excluding hydrogens is 439 g/mol. The highest BCUT2D eigenvalue weighted by Crippen LogP contribution is 2.20. The number of carbonyl (C=O) groups is 1. The van der Waals surface area contributed by atoms with Gasteiger partial charge in [0.2, 0.25) is 15.9 Å². The first-order chi connectivity index (χ1) is 11.2. The van der Waals surface area contributed by atoms with Crippen LogP contribution in [-0.2, 0) is 14.8 Å². The Morgan fingerprint density at radius 3 is 2.29 bits per heavy atom. The Bertz CT molecular complexity index is 849. The summed E-state index contributed by atoms with van der Waals surface area (Å²) in [6, 6.07) is 12.7. The highest BCUT2D eigenvalue weighted by atomic mass is 127. The zero-order valence-electron chi connectivity index (χ0n) is 13.7. The molecular formula is C17H19IN2O3S. The fourth-order valence-corrected chi connectivity index (χ4v) is 3.70. The second kappa shape index (κ2) is 7.52. The number of benzene rings is 2. The molecule has 1 amide bonds. The normalized spacial score (nSPS) is 11.2. The van der Waals surface area contributed by atoms with E-state index >= 15 is 0 Å². The minimum absolute atomic E-state index is 0.271. The van der Waals surface area contributed by atoms with Gasteiger partial charge in [-0.05, 0) is 72.3 Å². The number of anilines is 2. The molecule has 128 valence electrons. The van der Waals surface area contributed by atoms with E-state index in [2.05, 4.69) is 27.9 Å². The van der Waals surface area contributed by atoms with Gasteiger partial charge in [-0.2, -0.15) is 0 Å². The van der Waals surface area contributed by atoms with Gasteiger partial charge in [0.15, 0.2) is 0 Å². The van der Waals surface area contributed by atoms with Crippen LogP contribution in [-0.4, -0.2) is 27.1 Å². The van der Waals surface area contributed by atoms with Gasteiger partial charge in [-0.15, -0.1) is 0 Å². The second-order valence-corrected chi connectivity index (χ2v) is 8.77. The Morgan fingerprint density at radius 1 is 1.12 bits per heavy atom. The summed E-state index contributed by atoms with van der Waals surface area (Å²) in [6.45, 7) is 3.54. The van der Waals surface area contributed by atoms with Crippen molar-refractivity contribution in [1.29, 1.82) is 0 Å². The van der Waals surface area contributed by atoms with Crippen LogP contribution in [0, 0.1) is 17.4 Å². The SMILES string of the molecule is Cc1ccc(N(CC(=O)Nc2ccc(I)cc2C)S(C)(=O)=O)cc1. The lowest BCUT2D eigenvalue weighted by Gasteiger charge is -2.22. The molecule has 2 aromatic carbocycles. The molecule has 2 rings (SSSR count). The van der Waals surface area contributed by atoms with Gasteiger partial charge in [-0.25, -0.2) is 8.42 Å². The van der Waals surface area contributed by atoms with Crippen LogP contribution < -0.4 is 9.62 Å². The fourth-order valence-electron chi connectivity index (χ4n) is 2.20. The number of hydrogen-bond donors (Lipinski definition) is 1. The maximum absolute atomic E-state index is 12.3. The molecule has 0 fully saturated rings. The van der Waals surface area contributed by atoms with Crippen LogP contribution in [0.2, 0.25) is 0 Å². The zero-order valence-corrected chi connectivity index (χ0v) is 16.7. The maximum Gasteiger partial charge on any atom is 0.245 e. The van der Waals surface area contributed by atoms with E-state index < -0.39 is 10.0 Å². The van der Waals surface area contributed by atoms with Crippen LogP contribution in [0.4, 0.5) is 11.4 Å². The molecule has 0 saturated heterocycles. The van der Waals surface area contributed by atoms with E-state index in [4.69, 9.17) is 0 Å². The van der Waals surface area contributed by atoms with Crippen molar-refractivity contribution in [1.82, 2.24) is 0 Å². The predicted octanol–water partition coefficient (Wildman–Crippen LogP) is 3.31. The standard InChI is InChI=1S/C17H19IN2O3S/c1-12-4-7-15(8-5-12)20(24(3,22)23)11-17(21)19-16-9-6-14(18)10-13(16)2/h4-10H,11H2,1-3H3,(H,19,21). The highest BCUT2D eigenvalue weighted by Gasteiger charge is 2.21. The van der Waals surface area contributed by atoms with Crippen LogP contribution in [0.5, 0.6) is 0 Å². The molecule has 0 heterocycles. The Hall–Kier alpha value is -1.61. The van der Waals surface area contributed by atoms with Crippen molar-refractivity contribution < 1.29 is 13.2 Å². The van der Waals surface area contributed by atoms with E-state index in [0.29, 0.717) is 11.4 Å². The Kier molecular flexibility index (Phi) is 5.87. The monoisotopic (exact) mass is 458 g/mol. The minimum atomic E-state index is -3.56. The topological polar surface area (TPSA) is 66.5 Å². The molecule has 5 nitrogen and oxygen atoms in total. The highest BCUT2D eigenvalue weighted by molar-refractivity contribution is 14.1. The number of amides is 1. The molecule has 0 radical (unpaired) electrons. The minimum Gasteiger partial charge on any atom is -0.324 e. The molecule has 24 heavy (non-hydrogen) atoms. The number of carbonyl (C=O) groups excluding carboxylic acids is 1. The predicted molar refractivity (Wildman–Crippen MR) is 106 cm³/mol. The van der Waals surface area contributed by atoms with Crippen molar-refractivity contribution in [3.05, 3.63) is 57.2 Å². The lowest BCUT2D eigenvalue weighted by Crippen LogP contribution is -2.37. The van der Waals surface area contributed by atoms with Gasteiger partial charge in [0.25, 0.3) is 0 Å². The number of halogens is 1. The van der Waals surface area contributed by atoms with Crippen LogP contribution in [0.1, 0.15) is 11.1 Å². The van der Waals surface area contributed by atoms with Gasteiger partial charge < -0.3 is 5.32 Å². The first-order valence-corrected chi connectivity index (χ1v) is 10.2. The molecule has 0 unspecified atom stereocenters. The van der Waals surface area contributed by atoms with Crippen molar-refractivity contribution in [2.24, 2.45) is 0 Å². The van der Waals surface area contributed by atoms with Crippen LogP contribution in [0.3, 0.4) is 0 Å². The molecule has 0 aliphatic carbocycles. The number of nitrogens with one attached hydrogen (secondary N) is 1. The molecule has 0 spiro atoms. The molecule has 0 aliphatic heterocycles. The van der Waals surface area contributed by atoms with Crippen molar-refractivity contribution >= 4 is 49.9 Å². The number of nitrogens with zero attached hydrogens (tertiary/aromatic N) is 1.